The first-order chi connectivity index (χ1) is 10.7. The summed E-state index contributed by atoms with van der Waals surface area (Å²) in [7, 11) is 0. The Morgan fingerprint density at radius 2 is 2.27 bits per heavy atom. The summed E-state index contributed by atoms with van der Waals surface area (Å²) in [6.07, 6.45) is 9.11. The van der Waals surface area contributed by atoms with Gasteiger partial charge in [0.15, 0.2) is 0 Å². The average Bonchev–Trinajstić information content (AvgIpc) is 3.09. The van der Waals surface area contributed by atoms with Crippen LogP contribution in [0.4, 0.5) is 0 Å². The Labute approximate surface area is 129 Å². The van der Waals surface area contributed by atoms with Crippen LogP contribution in [0, 0.1) is 0 Å². The standard InChI is InChI=1S/C16H20N4O2/c1-12(21)14-4-2-3-8-20(14)16(22)13-5-6-15(18-10-13)19-9-7-17-11-19/h5-7,9-12,14,21H,2-4,8H2,1H3. The average molecular weight is 300 g/mol. The van der Waals surface area contributed by atoms with E-state index in [0.29, 0.717) is 12.1 Å². The van der Waals surface area contributed by atoms with Crippen molar-refractivity contribution < 1.29 is 9.90 Å². The molecule has 0 saturated carbocycles. The van der Waals surface area contributed by atoms with E-state index in [4.69, 9.17) is 0 Å². The molecule has 2 aromatic heterocycles. The third-order valence-corrected chi connectivity index (χ3v) is 4.13. The third-order valence-electron chi connectivity index (χ3n) is 4.13. The summed E-state index contributed by atoms with van der Waals surface area (Å²) in [5, 5.41) is 9.89. The van der Waals surface area contributed by atoms with Crippen molar-refractivity contribution in [3.8, 4) is 5.82 Å². The molecule has 2 aromatic rings. The topological polar surface area (TPSA) is 71.2 Å². The first kappa shape index (κ1) is 14.7. The number of hydrogen-bond donors (Lipinski definition) is 1. The predicted octanol–water partition coefficient (Wildman–Crippen LogP) is 1.64. The number of aliphatic hydroxyl groups is 1. The van der Waals surface area contributed by atoms with E-state index in [1.807, 2.05) is 0 Å². The van der Waals surface area contributed by atoms with Gasteiger partial charge in [0, 0.05) is 25.1 Å². The number of carbonyl (C=O) groups excluding carboxylic acids is 1. The SMILES string of the molecule is CC(O)C1CCCCN1C(=O)c1ccc(-n2ccnc2)nc1. The summed E-state index contributed by atoms with van der Waals surface area (Å²) in [6.45, 7) is 2.44. The van der Waals surface area contributed by atoms with E-state index < -0.39 is 6.10 Å². The van der Waals surface area contributed by atoms with Gasteiger partial charge in [0.1, 0.15) is 12.1 Å². The molecule has 22 heavy (non-hydrogen) atoms. The highest BCUT2D eigenvalue weighted by atomic mass is 16.3. The molecule has 0 aromatic carbocycles. The van der Waals surface area contributed by atoms with Gasteiger partial charge in [-0.15, -0.1) is 0 Å². The lowest BCUT2D eigenvalue weighted by Gasteiger charge is -2.37. The van der Waals surface area contributed by atoms with E-state index in [-0.39, 0.29) is 11.9 Å². The van der Waals surface area contributed by atoms with Crippen molar-refractivity contribution in [2.45, 2.75) is 38.3 Å². The summed E-state index contributed by atoms with van der Waals surface area (Å²) in [6, 6.07) is 3.48. The lowest BCUT2D eigenvalue weighted by atomic mass is 9.97. The van der Waals surface area contributed by atoms with Crippen LogP contribution >= 0.6 is 0 Å². The van der Waals surface area contributed by atoms with Crippen LogP contribution in [0.25, 0.3) is 5.82 Å². The second-order valence-electron chi connectivity index (χ2n) is 5.68. The number of pyridine rings is 1. The van der Waals surface area contributed by atoms with Crippen LogP contribution in [0.2, 0.25) is 0 Å². The zero-order valence-corrected chi connectivity index (χ0v) is 12.6. The van der Waals surface area contributed by atoms with Crippen molar-refractivity contribution in [1.82, 2.24) is 19.4 Å². The Morgan fingerprint density at radius 1 is 1.41 bits per heavy atom. The highest BCUT2D eigenvalue weighted by Crippen LogP contribution is 2.22. The number of nitrogens with zero attached hydrogens (tertiary/aromatic N) is 4. The van der Waals surface area contributed by atoms with Crippen molar-refractivity contribution in [2.75, 3.05) is 6.54 Å². The van der Waals surface area contributed by atoms with Gasteiger partial charge >= 0.3 is 0 Å². The minimum absolute atomic E-state index is 0.0599. The molecule has 1 fully saturated rings. The molecular weight excluding hydrogens is 280 g/mol. The van der Waals surface area contributed by atoms with Crippen molar-refractivity contribution in [2.24, 2.45) is 0 Å². The number of imidazole rings is 1. The molecule has 6 nitrogen and oxygen atoms in total. The largest absolute Gasteiger partial charge is 0.391 e. The Balaban J connectivity index is 1.79. The van der Waals surface area contributed by atoms with Crippen LogP contribution in [-0.2, 0) is 0 Å². The van der Waals surface area contributed by atoms with Crippen LogP contribution in [0.5, 0.6) is 0 Å². The van der Waals surface area contributed by atoms with Crippen LogP contribution in [0.15, 0.2) is 37.1 Å². The number of piperidine rings is 1. The Hall–Kier alpha value is -2.21. The third kappa shape index (κ3) is 2.87. The molecule has 3 heterocycles. The highest BCUT2D eigenvalue weighted by Gasteiger charge is 2.30. The molecular formula is C16H20N4O2. The van der Waals surface area contributed by atoms with Gasteiger partial charge in [-0.05, 0) is 38.3 Å². The number of rotatable bonds is 3. The fourth-order valence-corrected chi connectivity index (χ4v) is 2.94. The first-order valence-electron chi connectivity index (χ1n) is 7.60. The summed E-state index contributed by atoms with van der Waals surface area (Å²) < 4.78 is 1.79. The molecule has 116 valence electrons. The molecule has 0 aliphatic carbocycles. The maximum absolute atomic E-state index is 12.7. The van der Waals surface area contributed by atoms with Crippen LogP contribution < -0.4 is 0 Å². The van der Waals surface area contributed by atoms with E-state index in [1.165, 1.54) is 0 Å². The van der Waals surface area contributed by atoms with Crippen molar-refractivity contribution in [1.29, 1.82) is 0 Å². The van der Waals surface area contributed by atoms with Gasteiger partial charge in [0.2, 0.25) is 0 Å². The number of aromatic nitrogens is 3. The maximum atomic E-state index is 12.7. The zero-order valence-electron chi connectivity index (χ0n) is 12.6. The van der Waals surface area contributed by atoms with Gasteiger partial charge in [-0.25, -0.2) is 9.97 Å². The number of amides is 1. The van der Waals surface area contributed by atoms with Crippen LogP contribution in [0.1, 0.15) is 36.5 Å². The van der Waals surface area contributed by atoms with Gasteiger partial charge in [-0.3, -0.25) is 9.36 Å². The minimum Gasteiger partial charge on any atom is -0.391 e. The smallest absolute Gasteiger partial charge is 0.255 e. The van der Waals surface area contributed by atoms with Gasteiger partial charge < -0.3 is 10.0 Å². The first-order valence-corrected chi connectivity index (χ1v) is 7.60. The van der Waals surface area contributed by atoms with Crippen molar-refractivity contribution in [3.63, 3.8) is 0 Å². The van der Waals surface area contributed by atoms with Crippen LogP contribution in [-0.4, -0.2) is 49.1 Å². The van der Waals surface area contributed by atoms with E-state index in [2.05, 4.69) is 9.97 Å². The van der Waals surface area contributed by atoms with E-state index in [1.54, 1.807) is 53.4 Å². The Bertz CT molecular complexity index is 622. The molecule has 6 heteroatoms. The Kier molecular flexibility index (Phi) is 4.20. The molecule has 2 unspecified atom stereocenters. The molecule has 0 spiro atoms. The van der Waals surface area contributed by atoms with Gasteiger partial charge in [-0.2, -0.15) is 0 Å². The maximum Gasteiger partial charge on any atom is 0.255 e. The predicted molar refractivity (Wildman–Crippen MR) is 81.7 cm³/mol. The van der Waals surface area contributed by atoms with E-state index in [0.717, 1.165) is 25.1 Å². The molecule has 1 aliphatic heterocycles. The lowest BCUT2D eigenvalue weighted by Crippen LogP contribution is -2.48. The fourth-order valence-electron chi connectivity index (χ4n) is 2.94. The molecule has 3 rings (SSSR count). The molecule has 0 bridgehead atoms. The van der Waals surface area contributed by atoms with Crippen molar-refractivity contribution >= 4 is 5.91 Å². The van der Waals surface area contributed by atoms with E-state index >= 15 is 0 Å². The molecule has 0 radical (unpaired) electrons. The van der Waals surface area contributed by atoms with E-state index in [9.17, 15) is 9.90 Å². The fraction of sp³-hybridized carbons (Fsp3) is 0.438. The molecule has 1 aliphatic rings. The minimum atomic E-state index is -0.512. The molecule has 1 amide bonds. The van der Waals surface area contributed by atoms with Gasteiger partial charge in [-0.1, -0.05) is 0 Å². The lowest BCUT2D eigenvalue weighted by molar-refractivity contribution is 0.0280. The second-order valence-corrected chi connectivity index (χ2v) is 5.68. The number of hydrogen-bond acceptors (Lipinski definition) is 4. The van der Waals surface area contributed by atoms with Crippen molar-refractivity contribution in [3.05, 3.63) is 42.6 Å². The molecule has 2 atom stereocenters. The molecule has 1 N–H and O–H groups in total. The normalized spacial score (nSPS) is 19.9. The van der Waals surface area contributed by atoms with Gasteiger partial charge in [0.25, 0.3) is 5.91 Å². The zero-order chi connectivity index (χ0) is 15.5. The summed E-state index contributed by atoms with van der Waals surface area (Å²) in [5.74, 6) is 0.662. The summed E-state index contributed by atoms with van der Waals surface area (Å²) in [5.41, 5.74) is 0.552. The number of likely N-dealkylation sites (tertiary alicyclic amines) is 1. The molecule has 1 saturated heterocycles. The Morgan fingerprint density at radius 3 is 2.91 bits per heavy atom. The number of aliphatic hydroxyl groups excluding tert-OH is 1. The summed E-state index contributed by atoms with van der Waals surface area (Å²) >= 11 is 0. The van der Waals surface area contributed by atoms with Crippen LogP contribution in [0.3, 0.4) is 0 Å². The highest BCUT2D eigenvalue weighted by molar-refractivity contribution is 5.94. The summed E-state index contributed by atoms with van der Waals surface area (Å²) in [4.78, 5) is 22.7. The monoisotopic (exact) mass is 300 g/mol. The second kappa shape index (κ2) is 6.27. The number of carbonyl (C=O) groups is 1. The van der Waals surface area contributed by atoms with Gasteiger partial charge in [0.05, 0.1) is 17.7 Å². The quantitative estimate of drug-likeness (QED) is 0.935.